The molecule has 0 radical (unpaired) electrons. The Morgan fingerprint density at radius 1 is 0.868 bits per heavy atom. The van der Waals surface area contributed by atoms with Gasteiger partial charge in [-0.1, -0.05) is 35.4 Å². The molecule has 4 amide bonds. The van der Waals surface area contributed by atoms with Gasteiger partial charge in [0, 0.05) is 0 Å². The Morgan fingerprint density at radius 3 is 2.16 bits per heavy atom. The van der Waals surface area contributed by atoms with Crippen LogP contribution in [0.1, 0.15) is 23.6 Å². The highest BCUT2D eigenvalue weighted by molar-refractivity contribution is 9.10. The van der Waals surface area contributed by atoms with Gasteiger partial charge in [0.05, 0.1) is 16.8 Å². The van der Waals surface area contributed by atoms with Crippen LogP contribution in [0.5, 0.6) is 17.2 Å². The number of hydrogen-bond donors (Lipinski definition) is 1. The summed E-state index contributed by atoms with van der Waals surface area (Å²) < 4.78 is 18.0. The molecule has 0 unspecified atom stereocenters. The highest BCUT2D eigenvalue weighted by atomic mass is 79.9. The first kappa shape index (κ1) is 26.9. The molecule has 0 aromatic heterocycles. The number of imide groups is 2. The number of halogens is 1. The first-order chi connectivity index (χ1) is 18.3. The molecular formula is C29H27BrN2O6. The number of benzene rings is 3. The largest absolute Gasteiger partial charge is 0.490 e. The Bertz CT molecular complexity index is 1380. The van der Waals surface area contributed by atoms with Gasteiger partial charge in [-0.05, 0) is 84.7 Å². The number of carbonyl (C=O) groups excluding carboxylic acids is 3. The molecule has 1 heterocycles. The summed E-state index contributed by atoms with van der Waals surface area (Å²) in [6.45, 7) is 6.71. The van der Waals surface area contributed by atoms with E-state index in [0.29, 0.717) is 40.4 Å². The Hall–Kier alpha value is -4.11. The number of hydrogen-bond acceptors (Lipinski definition) is 6. The van der Waals surface area contributed by atoms with E-state index in [1.165, 1.54) is 6.08 Å². The predicted molar refractivity (Wildman–Crippen MR) is 148 cm³/mol. The molecule has 0 atom stereocenters. The van der Waals surface area contributed by atoms with Crippen molar-refractivity contribution >= 4 is 45.5 Å². The maximum absolute atomic E-state index is 13.2. The molecular weight excluding hydrogens is 552 g/mol. The zero-order valence-electron chi connectivity index (χ0n) is 21.2. The van der Waals surface area contributed by atoms with Gasteiger partial charge < -0.3 is 14.2 Å². The fourth-order valence-corrected chi connectivity index (χ4v) is 4.34. The van der Waals surface area contributed by atoms with Crippen LogP contribution in [0.25, 0.3) is 6.08 Å². The molecule has 196 valence electrons. The minimum absolute atomic E-state index is 0.181. The summed E-state index contributed by atoms with van der Waals surface area (Å²) in [5.41, 5.74) is 2.82. The van der Waals surface area contributed by atoms with Crippen molar-refractivity contribution < 1.29 is 28.6 Å². The van der Waals surface area contributed by atoms with E-state index in [2.05, 4.69) is 21.2 Å². The number of nitrogens with one attached hydrogen (secondary N) is 1. The molecule has 0 saturated carbocycles. The van der Waals surface area contributed by atoms with Crippen LogP contribution in [0.2, 0.25) is 0 Å². The van der Waals surface area contributed by atoms with Gasteiger partial charge in [-0.15, -0.1) is 0 Å². The molecule has 1 N–H and O–H groups in total. The molecule has 38 heavy (non-hydrogen) atoms. The normalized spacial score (nSPS) is 14.5. The maximum atomic E-state index is 13.2. The molecule has 3 aromatic carbocycles. The van der Waals surface area contributed by atoms with Crippen molar-refractivity contribution in [1.82, 2.24) is 5.32 Å². The summed E-state index contributed by atoms with van der Waals surface area (Å²) in [6, 6.07) is 17.2. The third kappa shape index (κ3) is 6.23. The number of ether oxygens (including phenoxy) is 3. The van der Waals surface area contributed by atoms with Gasteiger partial charge in [-0.3, -0.25) is 14.9 Å². The molecule has 3 aromatic rings. The minimum atomic E-state index is -0.797. The second-order valence-corrected chi connectivity index (χ2v) is 9.42. The highest BCUT2D eigenvalue weighted by Crippen LogP contribution is 2.38. The first-order valence-electron chi connectivity index (χ1n) is 12.0. The maximum Gasteiger partial charge on any atom is 0.335 e. The van der Waals surface area contributed by atoms with Gasteiger partial charge in [0.15, 0.2) is 11.5 Å². The fraction of sp³-hybridized carbons (Fsp3) is 0.207. The van der Waals surface area contributed by atoms with Crippen LogP contribution < -0.4 is 24.4 Å². The van der Waals surface area contributed by atoms with Crippen molar-refractivity contribution in [2.75, 3.05) is 24.7 Å². The lowest BCUT2D eigenvalue weighted by Gasteiger charge is -2.26. The van der Waals surface area contributed by atoms with E-state index in [1.807, 2.05) is 45.0 Å². The van der Waals surface area contributed by atoms with Gasteiger partial charge in [0.1, 0.15) is 24.5 Å². The van der Waals surface area contributed by atoms with Crippen LogP contribution in [0, 0.1) is 13.8 Å². The molecule has 4 rings (SSSR count). The number of carbonyl (C=O) groups is 3. The number of aryl methyl sites for hydroxylation is 2. The van der Waals surface area contributed by atoms with Gasteiger partial charge in [0.2, 0.25) is 0 Å². The van der Waals surface area contributed by atoms with Gasteiger partial charge >= 0.3 is 6.03 Å². The van der Waals surface area contributed by atoms with Crippen molar-refractivity contribution in [3.63, 3.8) is 0 Å². The SMILES string of the molecule is CCOc1cc(C=C2C(=O)NC(=O)N(c3ccc(C)cc3)C2=O)cc(Br)c1OCCOc1ccc(C)cc1. The number of amides is 4. The van der Waals surface area contributed by atoms with E-state index < -0.39 is 17.8 Å². The van der Waals surface area contributed by atoms with E-state index in [-0.39, 0.29) is 12.2 Å². The van der Waals surface area contributed by atoms with Crippen LogP contribution in [-0.4, -0.2) is 37.7 Å². The molecule has 1 fully saturated rings. The van der Waals surface area contributed by atoms with E-state index in [9.17, 15) is 14.4 Å². The monoisotopic (exact) mass is 578 g/mol. The van der Waals surface area contributed by atoms with Crippen molar-refractivity contribution in [1.29, 1.82) is 0 Å². The summed E-state index contributed by atoms with van der Waals surface area (Å²) in [7, 11) is 0. The van der Waals surface area contributed by atoms with E-state index in [4.69, 9.17) is 14.2 Å². The highest BCUT2D eigenvalue weighted by Gasteiger charge is 2.36. The molecule has 8 nitrogen and oxygen atoms in total. The van der Waals surface area contributed by atoms with Gasteiger partial charge in [-0.25, -0.2) is 9.69 Å². The number of rotatable bonds is 9. The average Bonchev–Trinajstić information content (AvgIpc) is 2.88. The number of nitrogens with zero attached hydrogens (tertiary/aromatic N) is 1. The van der Waals surface area contributed by atoms with E-state index >= 15 is 0 Å². The molecule has 0 aliphatic carbocycles. The summed E-state index contributed by atoms with van der Waals surface area (Å²) in [6.07, 6.45) is 1.42. The van der Waals surface area contributed by atoms with Crippen molar-refractivity contribution in [3.8, 4) is 17.2 Å². The summed E-state index contributed by atoms with van der Waals surface area (Å²) in [5.74, 6) is 0.159. The standard InChI is InChI=1S/C29H27BrN2O6/c1-4-36-25-17-20(16-24(30)26(25)38-14-13-37-22-11-7-19(3)8-12-22)15-23-27(33)31-29(35)32(28(23)34)21-9-5-18(2)6-10-21/h5-12,15-17H,4,13-14H2,1-3H3,(H,31,33,35). The van der Waals surface area contributed by atoms with Crippen LogP contribution in [0.3, 0.4) is 0 Å². The predicted octanol–water partition coefficient (Wildman–Crippen LogP) is 5.59. The third-order valence-electron chi connectivity index (χ3n) is 5.66. The lowest BCUT2D eigenvalue weighted by atomic mass is 10.1. The molecule has 0 spiro atoms. The second kappa shape index (κ2) is 12.0. The Labute approximate surface area is 229 Å². The van der Waals surface area contributed by atoms with Crippen molar-refractivity contribution in [3.05, 3.63) is 87.4 Å². The smallest absolute Gasteiger partial charge is 0.335 e. The topological polar surface area (TPSA) is 94.2 Å². The minimum Gasteiger partial charge on any atom is -0.490 e. The van der Waals surface area contributed by atoms with E-state index in [0.717, 1.165) is 21.8 Å². The number of urea groups is 1. The lowest BCUT2D eigenvalue weighted by Crippen LogP contribution is -2.54. The zero-order valence-corrected chi connectivity index (χ0v) is 22.8. The van der Waals surface area contributed by atoms with Gasteiger partial charge in [0.25, 0.3) is 11.8 Å². The second-order valence-electron chi connectivity index (χ2n) is 8.57. The van der Waals surface area contributed by atoms with Crippen molar-refractivity contribution in [2.24, 2.45) is 0 Å². The van der Waals surface area contributed by atoms with E-state index in [1.54, 1.807) is 36.4 Å². The molecule has 1 aliphatic heterocycles. The van der Waals surface area contributed by atoms with Crippen LogP contribution in [0.4, 0.5) is 10.5 Å². The number of anilines is 1. The third-order valence-corrected chi connectivity index (χ3v) is 6.25. The molecule has 9 heteroatoms. The van der Waals surface area contributed by atoms with Crippen LogP contribution >= 0.6 is 15.9 Å². The number of barbiturate groups is 1. The fourth-order valence-electron chi connectivity index (χ4n) is 3.76. The summed E-state index contributed by atoms with van der Waals surface area (Å²) in [4.78, 5) is 39.2. The van der Waals surface area contributed by atoms with Crippen LogP contribution in [-0.2, 0) is 9.59 Å². The quantitative estimate of drug-likeness (QED) is 0.202. The van der Waals surface area contributed by atoms with Crippen molar-refractivity contribution in [2.45, 2.75) is 20.8 Å². The molecule has 1 aliphatic rings. The first-order valence-corrected chi connectivity index (χ1v) is 12.8. The van der Waals surface area contributed by atoms with Gasteiger partial charge in [-0.2, -0.15) is 0 Å². The average molecular weight is 579 g/mol. The van der Waals surface area contributed by atoms with Crippen LogP contribution in [0.15, 0.2) is 70.7 Å². The Morgan fingerprint density at radius 2 is 1.50 bits per heavy atom. The molecule has 0 bridgehead atoms. The summed E-state index contributed by atoms with van der Waals surface area (Å²) in [5, 5.41) is 2.24. The zero-order chi connectivity index (χ0) is 27.2. The Balaban J connectivity index is 1.54. The Kier molecular flexibility index (Phi) is 8.48. The summed E-state index contributed by atoms with van der Waals surface area (Å²) >= 11 is 3.51. The lowest BCUT2D eigenvalue weighted by molar-refractivity contribution is -0.122. The molecule has 1 saturated heterocycles.